The standard InChI is InChI=1S/C11H14N2/c1-7(2)9-5-11-10(12-6-9)4-8(3)13-11/h4-7,13H,1-3H3. The van der Waals surface area contributed by atoms with Gasteiger partial charge in [0.05, 0.1) is 11.0 Å². The van der Waals surface area contributed by atoms with Crippen LogP contribution in [0.4, 0.5) is 0 Å². The highest BCUT2D eigenvalue weighted by Crippen LogP contribution is 2.18. The van der Waals surface area contributed by atoms with Crippen molar-refractivity contribution in [3.63, 3.8) is 0 Å². The fourth-order valence-electron chi connectivity index (χ4n) is 1.48. The van der Waals surface area contributed by atoms with Gasteiger partial charge in [0.15, 0.2) is 0 Å². The van der Waals surface area contributed by atoms with Gasteiger partial charge >= 0.3 is 0 Å². The molecule has 0 amide bonds. The van der Waals surface area contributed by atoms with Crippen LogP contribution < -0.4 is 0 Å². The lowest BCUT2D eigenvalue weighted by Gasteiger charge is -2.03. The fraction of sp³-hybridized carbons (Fsp3) is 0.364. The second kappa shape index (κ2) is 2.87. The molecule has 0 aliphatic carbocycles. The topological polar surface area (TPSA) is 28.7 Å². The van der Waals surface area contributed by atoms with Gasteiger partial charge in [-0.15, -0.1) is 0 Å². The molecule has 2 heterocycles. The average Bonchev–Trinajstić information content (AvgIpc) is 2.42. The molecular formula is C11H14N2. The number of nitrogens with zero attached hydrogens (tertiary/aromatic N) is 1. The molecule has 2 rings (SSSR count). The first-order valence-electron chi connectivity index (χ1n) is 4.62. The van der Waals surface area contributed by atoms with E-state index in [0.29, 0.717) is 5.92 Å². The molecule has 0 fully saturated rings. The highest BCUT2D eigenvalue weighted by atomic mass is 14.8. The summed E-state index contributed by atoms with van der Waals surface area (Å²) in [6, 6.07) is 4.25. The third-order valence-corrected chi connectivity index (χ3v) is 2.29. The Bertz CT molecular complexity index is 427. The van der Waals surface area contributed by atoms with E-state index >= 15 is 0 Å². The van der Waals surface area contributed by atoms with Crippen LogP contribution >= 0.6 is 0 Å². The Labute approximate surface area is 78.0 Å². The van der Waals surface area contributed by atoms with Gasteiger partial charge in [0.25, 0.3) is 0 Å². The van der Waals surface area contributed by atoms with Gasteiger partial charge in [0, 0.05) is 11.9 Å². The zero-order chi connectivity index (χ0) is 9.42. The van der Waals surface area contributed by atoms with E-state index in [1.807, 2.05) is 6.20 Å². The first-order valence-corrected chi connectivity index (χ1v) is 4.62. The summed E-state index contributed by atoms with van der Waals surface area (Å²) in [4.78, 5) is 7.68. The summed E-state index contributed by atoms with van der Waals surface area (Å²) in [6.45, 7) is 6.41. The van der Waals surface area contributed by atoms with Gasteiger partial charge < -0.3 is 4.98 Å². The van der Waals surface area contributed by atoms with Crippen LogP contribution in [0.2, 0.25) is 0 Å². The lowest BCUT2D eigenvalue weighted by atomic mass is 10.1. The predicted molar refractivity (Wildman–Crippen MR) is 54.9 cm³/mol. The van der Waals surface area contributed by atoms with Crippen molar-refractivity contribution in [3.8, 4) is 0 Å². The van der Waals surface area contributed by atoms with E-state index in [1.54, 1.807) is 0 Å². The van der Waals surface area contributed by atoms with Crippen LogP contribution in [-0.2, 0) is 0 Å². The molecule has 0 spiro atoms. The molecule has 0 aliphatic rings. The molecule has 0 saturated heterocycles. The second-order valence-corrected chi connectivity index (χ2v) is 3.81. The third-order valence-electron chi connectivity index (χ3n) is 2.29. The molecule has 2 heteroatoms. The molecule has 0 saturated carbocycles. The maximum Gasteiger partial charge on any atom is 0.0881 e. The molecule has 0 radical (unpaired) electrons. The van der Waals surface area contributed by atoms with Crippen LogP contribution in [0.3, 0.4) is 0 Å². The van der Waals surface area contributed by atoms with Gasteiger partial charge in [0.1, 0.15) is 0 Å². The number of aryl methyl sites for hydroxylation is 1. The largest absolute Gasteiger partial charge is 0.357 e. The highest BCUT2D eigenvalue weighted by molar-refractivity contribution is 5.76. The number of H-pyrrole nitrogens is 1. The van der Waals surface area contributed by atoms with E-state index in [-0.39, 0.29) is 0 Å². The fourth-order valence-corrected chi connectivity index (χ4v) is 1.48. The summed E-state index contributed by atoms with van der Waals surface area (Å²) in [5.41, 5.74) is 4.66. The van der Waals surface area contributed by atoms with Crippen molar-refractivity contribution in [2.75, 3.05) is 0 Å². The van der Waals surface area contributed by atoms with Gasteiger partial charge in [-0.05, 0) is 30.5 Å². The lowest BCUT2D eigenvalue weighted by Crippen LogP contribution is -1.88. The molecule has 2 aromatic heterocycles. The van der Waals surface area contributed by atoms with E-state index in [1.165, 1.54) is 11.3 Å². The zero-order valence-electron chi connectivity index (χ0n) is 8.26. The van der Waals surface area contributed by atoms with Crippen molar-refractivity contribution < 1.29 is 0 Å². The minimum atomic E-state index is 0.542. The summed E-state index contributed by atoms with van der Waals surface area (Å²) in [6.07, 6.45) is 1.96. The number of fused-ring (bicyclic) bond motifs is 1. The Kier molecular flexibility index (Phi) is 1.83. The van der Waals surface area contributed by atoms with E-state index in [9.17, 15) is 0 Å². The van der Waals surface area contributed by atoms with Crippen LogP contribution in [0.5, 0.6) is 0 Å². The maximum absolute atomic E-state index is 4.39. The number of nitrogens with one attached hydrogen (secondary N) is 1. The predicted octanol–water partition coefficient (Wildman–Crippen LogP) is 2.99. The maximum atomic E-state index is 4.39. The number of rotatable bonds is 1. The third kappa shape index (κ3) is 1.44. The minimum absolute atomic E-state index is 0.542. The second-order valence-electron chi connectivity index (χ2n) is 3.81. The number of hydrogen-bond donors (Lipinski definition) is 1. The van der Waals surface area contributed by atoms with Crippen molar-refractivity contribution in [1.82, 2.24) is 9.97 Å². The van der Waals surface area contributed by atoms with Gasteiger partial charge in [0.2, 0.25) is 0 Å². The Morgan fingerprint density at radius 3 is 2.77 bits per heavy atom. The average molecular weight is 174 g/mol. The summed E-state index contributed by atoms with van der Waals surface area (Å²) in [5.74, 6) is 0.542. The number of aromatic amines is 1. The summed E-state index contributed by atoms with van der Waals surface area (Å²) in [5, 5.41) is 0. The number of aromatic nitrogens is 2. The first-order chi connectivity index (χ1) is 6.16. The SMILES string of the molecule is Cc1cc2ncc(C(C)C)cc2[nH]1. The van der Waals surface area contributed by atoms with E-state index in [2.05, 4.69) is 42.9 Å². The molecule has 68 valence electrons. The number of pyridine rings is 1. The molecule has 0 aromatic carbocycles. The monoisotopic (exact) mass is 174 g/mol. The normalized spacial score (nSPS) is 11.4. The van der Waals surface area contributed by atoms with E-state index < -0.39 is 0 Å². The Morgan fingerprint density at radius 1 is 1.31 bits per heavy atom. The minimum Gasteiger partial charge on any atom is -0.357 e. The molecule has 0 atom stereocenters. The highest BCUT2D eigenvalue weighted by Gasteiger charge is 2.03. The lowest BCUT2D eigenvalue weighted by molar-refractivity contribution is 0.861. The van der Waals surface area contributed by atoms with Crippen LogP contribution in [0.25, 0.3) is 11.0 Å². The van der Waals surface area contributed by atoms with Crippen LogP contribution in [-0.4, -0.2) is 9.97 Å². The molecule has 0 unspecified atom stereocenters. The van der Waals surface area contributed by atoms with Gasteiger partial charge in [-0.2, -0.15) is 0 Å². The number of hydrogen-bond acceptors (Lipinski definition) is 1. The molecule has 2 nitrogen and oxygen atoms in total. The first kappa shape index (κ1) is 8.30. The van der Waals surface area contributed by atoms with Crippen molar-refractivity contribution in [2.24, 2.45) is 0 Å². The summed E-state index contributed by atoms with van der Waals surface area (Å²) >= 11 is 0. The Morgan fingerprint density at radius 2 is 2.08 bits per heavy atom. The van der Waals surface area contributed by atoms with Crippen molar-refractivity contribution >= 4 is 11.0 Å². The van der Waals surface area contributed by atoms with Gasteiger partial charge in [-0.25, -0.2) is 0 Å². The van der Waals surface area contributed by atoms with Crippen molar-refractivity contribution in [2.45, 2.75) is 26.7 Å². The van der Waals surface area contributed by atoms with E-state index in [0.717, 1.165) is 11.0 Å². The molecule has 0 bridgehead atoms. The molecule has 13 heavy (non-hydrogen) atoms. The smallest absolute Gasteiger partial charge is 0.0881 e. The molecule has 0 aliphatic heterocycles. The Hall–Kier alpha value is -1.31. The van der Waals surface area contributed by atoms with Crippen LogP contribution in [0.1, 0.15) is 31.0 Å². The summed E-state index contributed by atoms with van der Waals surface area (Å²) < 4.78 is 0. The van der Waals surface area contributed by atoms with Crippen LogP contribution in [0, 0.1) is 6.92 Å². The molecular weight excluding hydrogens is 160 g/mol. The van der Waals surface area contributed by atoms with Gasteiger partial charge in [-0.3, -0.25) is 4.98 Å². The molecule has 1 N–H and O–H groups in total. The van der Waals surface area contributed by atoms with Gasteiger partial charge in [-0.1, -0.05) is 13.8 Å². The Balaban J connectivity index is 2.61. The van der Waals surface area contributed by atoms with Crippen molar-refractivity contribution in [1.29, 1.82) is 0 Å². The van der Waals surface area contributed by atoms with Crippen LogP contribution in [0.15, 0.2) is 18.3 Å². The van der Waals surface area contributed by atoms with E-state index in [4.69, 9.17) is 0 Å². The zero-order valence-corrected chi connectivity index (χ0v) is 8.26. The summed E-state index contributed by atoms with van der Waals surface area (Å²) in [7, 11) is 0. The quantitative estimate of drug-likeness (QED) is 0.707. The molecule has 2 aromatic rings. The van der Waals surface area contributed by atoms with Crippen molar-refractivity contribution in [3.05, 3.63) is 29.6 Å².